The molecule has 0 saturated heterocycles. The lowest BCUT2D eigenvalue weighted by atomic mass is 10.4. The zero-order valence-corrected chi connectivity index (χ0v) is 27.9. The third-order valence-electron chi connectivity index (χ3n) is 4.73. The van der Waals surface area contributed by atoms with Gasteiger partial charge in [-0.25, -0.2) is 19.2 Å². The van der Waals surface area contributed by atoms with E-state index in [1.54, 1.807) is 27.7 Å². The van der Waals surface area contributed by atoms with Crippen molar-refractivity contribution in [3.05, 3.63) is 48.6 Å². The van der Waals surface area contributed by atoms with Crippen LogP contribution < -0.4 is 0 Å². The Morgan fingerprint density at radius 2 is 0.435 bits per heavy atom. The van der Waals surface area contributed by atoms with E-state index in [-0.39, 0.29) is 26.4 Å². The van der Waals surface area contributed by atoms with E-state index in [4.69, 9.17) is 47.4 Å². The average molecular weight is 661 g/mol. The third kappa shape index (κ3) is 32.0. The summed E-state index contributed by atoms with van der Waals surface area (Å²) in [5.74, 6) is -1.68. The molecular weight excluding hydrogens is 608 g/mol. The normalized spacial score (nSPS) is 10.2. The monoisotopic (exact) mass is 660 g/mol. The Bertz CT molecular complexity index is 782. The molecule has 0 aromatic heterocycles. The van der Waals surface area contributed by atoms with Crippen molar-refractivity contribution in [3.63, 3.8) is 0 Å². The van der Waals surface area contributed by atoms with Crippen molar-refractivity contribution in [2.45, 2.75) is 27.7 Å². The second kappa shape index (κ2) is 31.6. The van der Waals surface area contributed by atoms with Crippen molar-refractivity contribution in [1.82, 2.24) is 0 Å². The van der Waals surface area contributed by atoms with Gasteiger partial charge in [0.05, 0.1) is 79.3 Å². The predicted molar refractivity (Wildman–Crippen MR) is 168 cm³/mol. The van der Waals surface area contributed by atoms with Crippen LogP contribution in [0.3, 0.4) is 0 Å². The van der Waals surface area contributed by atoms with Crippen LogP contribution in [-0.4, -0.2) is 130 Å². The Hall–Kier alpha value is -3.40. The lowest BCUT2D eigenvalue weighted by molar-refractivity contribution is -0.141. The first-order valence-electron chi connectivity index (χ1n) is 14.7. The number of hydrogen-bond donors (Lipinski definition) is 0. The summed E-state index contributed by atoms with van der Waals surface area (Å²) in [6.45, 7) is 25.5. The Morgan fingerprint density at radius 3 is 0.565 bits per heavy atom. The molecule has 0 aromatic rings. The zero-order valence-electron chi connectivity index (χ0n) is 27.9. The summed E-state index contributed by atoms with van der Waals surface area (Å²) >= 11 is 0. The van der Waals surface area contributed by atoms with Crippen molar-refractivity contribution in [2.75, 3.05) is 106 Å². The van der Waals surface area contributed by atoms with Crippen molar-refractivity contribution in [2.24, 2.45) is 0 Å². The average Bonchev–Trinajstić information content (AvgIpc) is 3.01. The third-order valence-corrected chi connectivity index (χ3v) is 4.73. The highest BCUT2D eigenvalue weighted by atomic mass is 16.6. The van der Waals surface area contributed by atoms with Gasteiger partial charge in [-0.3, -0.25) is 0 Å². The highest BCUT2D eigenvalue weighted by molar-refractivity contribution is 5.88. The Morgan fingerprint density at radius 1 is 0.304 bits per heavy atom. The largest absolute Gasteiger partial charge is 0.460 e. The first-order valence-corrected chi connectivity index (χ1v) is 14.7. The molecule has 0 aromatic carbocycles. The zero-order chi connectivity index (χ0) is 35.0. The molecule has 0 rings (SSSR count). The molecule has 264 valence electrons. The van der Waals surface area contributed by atoms with Gasteiger partial charge in [-0.1, -0.05) is 26.3 Å². The van der Waals surface area contributed by atoms with Gasteiger partial charge in [0.25, 0.3) is 0 Å². The summed E-state index contributed by atoms with van der Waals surface area (Å²) in [6.07, 6.45) is 0. The summed E-state index contributed by atoms with van der Waals surface area (Å²) in [6, 6.07) is 0. The van der Waals surface area contributed by atoms with E-state index in [9.17, 15) is 19.2 Å². The van der Waals surface area contributed by atoms with Crippen LogP contribution in [0.4, 0.5) is 0 Å². The van der Waals surface area contributed by atoms with Crippen LogP contribution in [0, 0.1) is 0 Å². The smallest absolute Gasteiger partial charge is 0.333 e. The molecule has 0 bridgehead atoms. The van der Waals surface area contributed by atoms with Crippen molar-refractivity contribution in [3.8, 4) is 0 Å². The number of carbonyl (C=O) groups is 4. The molecule has 0 heterocycles. The van der Waals surface area contributed by atoms with Crippen molar-refractivity contribution in [1.29, 1.82) is 0 Å². The first-order chi connectivity index (χ1) is 21.9. The van der Waals surface area contributed by atoms with Gasteiger partial charge in [-0.05, 0) is 27.7 Å². The number of ether oxygens (including phenoxy) is 10. The van der Waals surface area contributed by atoms with E-state index < -0.39 is 23.9 Å². The molecule has 0 radical (unpaired) electrons. The van der Waals surface area contributed by atoms with Gasteiger partial charge in [-0.15, -0.1) is 0 Å². The van der Waals surface area contributed by atoms with Gasteiger partial charge in [0.1, 0.15) is 26.4 Å². The minimum atomic E-state index is -0.420. The van der Waals surface area contributed by atoms with E-state index in [0.29, 0.717) is 102 Å². The maximum atomic E-state index is 11.0. The summed E-state index contributed by atoms with van der Waals surface area (Å²) in [5, 5.41) is 0. The Kier molecular flexibility index (Phi) is 30.7. The van der Waals surface area contributed by atoms with Gasteiger partial charge in [0.15, 0.2) is 0 Å². The fourth-order valence-electron chi connectivity index (χ4n) is 2.35. The molecule has 0 fully saturated rings. The second-order valence-electron chi connectivity index (χ2n) is 9.34. The molecule has 0 amide bonds. The SMILES string of the molecule is C=C(C)C(=O)OCCOCCOCCOCCOC(=O)C(=C)C.C=C(C)C(=O)OCCOCCOCCOCCOC(=O)C(=C)C. The van der Waals surface area contributed by atoms with E-state index in [0.717, 1.165) is 0 Å². The number of esters is 4. The summed E-state index contributed by atoms with van der Waals surface area (Å²) in [5.41, 5.74) is 1.45. The van der Waals surface area contributed by atoms with Gasteiger partial charge >= 0.3 is 23.9 Å². The van der Waals surface area contributed by atoms with Crippen LogP contribution in [0.2, 0.25) is 0 Å². The molecule has 14 heteroatoms. The van der Waals surface area contributed by atoms with Crippen LogP contribution in [-0.2, 0) is 66.5 Å². The van der Waals surface area contributed by atoms with E-state index in [2.05, 4.69) is 26.3 Å². The molecule has 0 unspecified atom stereocenters. The first kappa shape index (κ1) is 44.7. The second-order valence-corrected chi connectivity index (χ2v) is 9.34. The van der Waals surface area contributed by atoms with Crippen LogP contribution in [0.25, 0.3) is 0 Å². The van der Waals surface area contributed by atoms with Crippen LogP contribution in [0.15, 0.2) is 48.6 Å². The van der Waals surface area contributed by atoms with Crippen LogP contribution in [0.5, 0.6) is 0 Å². The Balaban J connectivity index is 0. The minimum Gasteiger partial charge on any atom is -0.460 e. The summed E-state index contributed by atoms with van der Waals surface area (Å²) < 4.78 is 50.8. The van der Waals surface area contributed by atoms with Gasteiger partial charge in [-0.2, -0.15) is 0 Å². The lowest BCUT2D eigenvalue weighted by Gasteiger charge is -2.08. The van der Waals surface area contributed by atoms with Crippen molar-refractivity contribution >= 4 is 23.9 Å². The number of rotatable bonds is 28. The maximum Gasteiger partial charge on any atom is 0.333 e. The fourth-order valence-corrected chi connectivity index (χ4v) is 2.35. The van der Waals surface area contributed by atoms with E-state index >= 15 is 0 Å². The van der Waals surface area contributed by atoms with Crippen molar-refractivity contribution < 1.29 is 66.5 Å². The van der Waals surface area contributed by atoms with E-state index in [1.807, 2.05) is 0 Å². The lowest BCUT2D eigenvalue weighted by Crippen LogP contribution is -2.15. The molecule has 0 aliphatic heterocycles. The van der Waals surface area contributed by atoms with Crippen LogP contribution in [0.1, 0.15) is 27.7 Å². The maximum absolute atomic E-state index is 11.0. The molecule has 0 atom stereocenters. The number of hydrogen-bond acceptors (Lipinski definition) is 14. The summed E-state index contributed by atoms with van der Waals surface area (Å²) in [4.78, 5) is 44.2. The molecule has 14 nitrogen and oxygen atoms in total. The quantitative estimate of drug-likeness (QED) is 0.0521. The van der Waals surface area contributed by atoms with Crippen LogP contribution >= 0.6 is 0 Å². The summed E-state index contributed by atoms with van der Waals surface area (Å²) in [7, 11) is 0. The molecule has 0 N–H and O–H groups in total. The Labute approximate surface area is 272 Å². The molecular formula is C32H52O14. The molecule has 0 aliphatic rings. The molecule has 46 heavy (non-hydrogen) atoms. The van der Waals surface area contributed by atoms with Gasteiger partial charge < -0.3 is 47.4 Å². The standard InChI is InChI=1S/2C16H26O7/c2*1-13(2)15(17)22-11-9-20-7-5-19-6-8-21-10-12-23-16(18)14(3)4/h2*1,3,5-12H2,2,4H3. The van der Waals surface area contributed by atoms with E-state index in [1.165, 1.54) is 0 Å². The highest BCUT2D eigenvalue weighted by Crippen LogP contribution is 1.94. The molecule has 0 spiro atoms. The fraction of sp³-hybridized carbons (Fsp3) is 0.625. The molecule has 0 aliphatic carbocycles. The van der Waals surface area contributed by atoms with Gasteiger partial charge in [0, 0.05) is 22.3 Å². The predicted octanol–water partition coefficient (Wildman–Crippen LogP) is 2.55. The topological polar surface area (TPSA) is 161 Å². The van der Waals surface area contributed by atoms with Gasteiger partial charge in [0.2, 0.25) is 0 Å². The highest BCUT2D eigenvalue weighted by Gasteiger charge is 2.04. The number of carbonyl (C=O) groups excluding carboxylic acids is 4. The molecule has 0 saturated carbocycles. The minimum absolute atomic E-state index is 0.192.